The van der Waals surface area contributed by atoms with E-state index in [1.807, 2.05) is 13.0 Å². The summed E-state index contributed by atoms with van der Waals surface area (Å²) >= 11 is 0. The number of aliphatic hydroxyl groups excluding tert-OH is 1. The van der Waals surface area contributed by atoms with Gasteiger partial charge in [-0.2, -0.15) is 0 Å². The molecule has 4 heteroatoms. The van der Waals surface area contributed by atoms with Crippen molar-refractivity contribution in [3.63, 3.8) is 0 Å². The summed E-state index contributed by atoms with van der Waals surface area (Å²) in [5, 5.41) is 13.1. The average molecular weight is 267 g/mol. The van der Waals surface area contributed by atoms with Crippen molar-refractivity contribution in [1.29, 1.82) is 0 Å². The van der Waals surface area contributed by atoms with Crippen LogP contribution in [0.2, 0.25) is 0 Å². The second-order valence-electron chi connectivity index (χ2n) is 5.12. The van der Waals surface area contributed by atoms with Crippen LogP contribution < -0.4 is 5.32 Å². The molecule has 1 aromatic rings. The minimum absolute atomic E-state index is 0.0559. The Labute approximate surface area is 113 Å². The fourth-order valence-corrected chi connectivity index (χ4v) is 2.59. The van der Waals surface area contributed by atoms with Crippen LogP contribution in [0.25, 0.3) is 0 Å². The summed E-state index contributed by atoms with van der Waals surface area (Å²) in [4.78, 5) is 0. The second-order valence-corrected chi connectivity index (χ2v) is 5.12. The first-order valence-corrected chi connectivity index (χ1v) is 6.94. The zero-order valence-electron chi connectivity index (χ0n) is 11.4. The Morgan fingerprint density at radius 3 is 2.95 bits per heavy atom. The maximum absolute atomic E-state index is 13.4. The molecule has 0 radical (unpaired) electrons. The molecule has 0 bridgehead atoms. The fraction of sp³-hybridized carbons (Fsp3) is 0.600. The van der Waals surface area contributed by atoms with Crippen LogP contribution in [0.1, 0.15) is 31.7 Å². The highest BCUT2D eigenvalue weighted by Crippen LogP contribution is 2.26. The third-order valence-electron chi connectivity index (χ3n) is 3.94. The van der Waals surface area contributed by atoms with Gasteiger partial charge in [-0.3, -0.25) is 0 Å². The molecular formula is C15H22FNO2. The zero-order valence-corrected chi connectivity index (χ0v) is 11.4. The summed E-state index contributed by atoms with van der Waals surface area (Å²) in [5.41, 5.74) is 0.198. The largest absolute Gasteiger partial charge is 0.394 e. The Morgan fingerprint density at radius 2 is 2.37 bits per heavy atom. The van der Waals surface area contributed by atoms with E-state index in [4.69, 9.17) is 4.74 Å². The molecule has 1 aromatic carbocycles. The van der Waals surface area contributed by atoms with E-state index in [0.717, 1.165) is 25.0 Å². The number of ether oxygens (including phenoxy) is 1. The van der Waals surface area contributed by atoms with Crippen LogP contribution in [0.5, 0.6) is 0 Å². The molecule has 19 heavy (non-hydrogen) atoms. The molecule has 2 N–H and O–H groups in total. The Balaban J connectivity index is 2.11. The van der Waals surface area contributed by atoms with E-state index in [2.05, 4.69) is 5.32 Å². The van der Waals surface area contributed by atoms with Gasteiger partial charge in [0, 0.05) is 13.2 Å². The van der Waals surface area contributed by atoms with E-state index in [9.17, 15) is 9.50 Å². The molecule has 0 aliphatic carbocycles. The van der Waals surface area contributed by atoms with E-state index in [1.54, 1.807) is 6.07 Å². The molecule has 106 valence electrons. The van der Waals surface area contributed by atoms with Crippen LogP contribution in [-0.2, 0) is 10.3 Å². The molecule has 2 atom stereocenters. The highest BCUT2D eigenvalue weighted by Gasteiger charge is 2.31. The maximum Gasteiger partial charge on any atom is 0.123 e. The van der Waals surface area contributed by atoms with Crippen molar-refractivity contribution in [2.75, 3.05) is 19.8 Å². The molecule has 1 fully saturated rings. The molecule has 0 spiro atoms. The minimum atomic E-state index is -0.589. The standard InChI is InChI=1S/C15H22FNO2/c1-2-15(11-18,12-5-3-6-13(16)9-12)17-10-14-7-4-8-19-14/h3,5-6,9,14,17-18H,2,4,7-8,10-11H2,1H3. The van der Waals surface area contributed by atoms with Crippen molar-refractivity contribution in [2.45, 2.75) is 37.8 Å². The van der Waals surface area contributed by atoms with Crippen LogP contribution in [0.4, 0.5) is 4.39 Å². The highest BCUT2D eigenvalue weighted by molar-refractivity contribution is 5.25. The lowest BCUT2D eigenvalue weighted by atomic mass is 9.87. The topological polar surface area (TPSA) is 41.5 Å². The molecular weight excluding hydrogens is 245 g/mol. The van der Waals surface area contributed by atoms with Crippen LogP contribution in [0.15, 0.2) is 24.3 Å². The first-order valence-electron chi connectivity index (χ1n) is 6.94. The summed E-state index contributed by atoms with van der Waals surface area (Å²) < 4.78 is 19.0. The fourth-order valence-electron chi connectivity index (χ4n) is 2.59. The summed E-state index contributed by atoms with van der Waals surface area (Å²) in [6, 6.07) is 6.44. The Morgan fingerprint density at radius 1 is 1.53 bits per heavy atom. The third-order valence-corrected chi connectivity index (χ3v) is 3.94. The van der Waals surface area contributed by atoms with Gasteiger partial charge in [0.15, 0.2) is 0 Å². The van der Waals surface area contributed by atoms with E-state index in [-0.39, 0.29) is 18.5 Å². The van der Waals surface area contributed by atoms with Gasteiger partial charge in [-0.15, -0.1) is 0 Å². The highest BCUT2D eigenvalue weighted by atomic mass is 19.1. The molecule has 2 unspecified atom stereocenters. The first kappa shape index (κ1) is 14.4. The first-order chi connectivity index (χ1) is 9.20. The van der Waals surface area contributed by atoms with Crippen LogP contribution in [0, 0.1) is 5.82 Å². The van der Waals surface area contributed by atoms with Gasteiger partial charge in [0.1, 0.15) is 5.82 Å². The molecule has 1 heterocycles. The van der Waals surface area contributed by atoms with Crippen molar-refractivity contribution in [2.24, 2.45) is 0 Å². The monoisotopic (exact) mass is 267 g/mol. The molecule has 3 nitrogen and oxygen atoms in total. The summed E-state index contributed by atoms with van der Waals surface area (Å²) in [5.74, 6) is -0.275. The van der Waals surface area contributed by atoms with Crippen LogP contribution >= 0.6 is 0 Å². The Bertz CT molecular complexity index is 401. The summed E-state index contributed by atoms with van der Waals surface area (Å²) in [6.45, 7) is 3.43. The Kier molecular flexibility index (Phi) is 4.91. The van der Waals surface area contributed by atoms with Gasteiger partial charge in [-0.05, 0) is 37.0 Å². The Hall–Kier alpha value is -0.970. The van der Waals surface area contributed by atoms with E-state index in [0.29, 0.717) is 13.0 Å². The van der Waals surface area contributed by atoms with E-state index < -0.39 is 5.54 Å². The van der Waals surface area contributed by atoms with Crippen molar-refractivity contribution in [3.05, 3.63) is 35.6 Å². The number of benzene rings is 1. The lowest BCUT2D eigenvalue weighted by Crippen LogP contribution is -2.48. The molecule has 2 rings (SSSR count). The van der Waals surface area contributed by atoms with Gasteiger partial charge in [0.2, 0.25) is 0 Å². The third kappa shape index (κ3) is 3.32. The van der Waals surface area contributed by atoms with E-state index >= 15 is 0 Å². The normalized spacial score (nSPS) is 22.4. The predicted octanol–water partition coefficient (Wildman–Crippen LogP) is 2.19. The number of rotatable bonds is 6. The molecule has 1 aliphatic rings. The number of nitrogens with one attached hydrogen (secondary N) is 1. The lowest BCUT2D eigenvalue weighted by Gasteiger charge is -2.33. The van der Waals surface area contributed by atoms with Crippen molar-refractivity contribution >= 4 is 0 Å². The van der Waals surface area contributed by atoms with Gasteiger partial charge in [-0.25, -0.2) is 4.39 Å². The number of halogens is 1. The van der Waals surface area contributed by atoms with Gasteiger partial charge < -0.3 is 15.2 Å². The molecule has 0 aromatic heterocycles. The number of hydrogen-bond acceptors (Lipinski definition) is 3. The summed E-state index contributed by atoms with van der Waals surface area (Å²) in [7, 11) is 0. The van der Waals surface area contributed by atoms with E-state index in [1.165, 1.54) is 12.1 Å². The number of hydrogen-bond donors (Lipinski definition) is 2. The second kappa shape index (κ2) is 6.46. The maximum atomic E-state index is 13.4. The predicted molar refractivity (Wildman–Crippen MR) is 72.4 cm³/mol. The minimum Gasteiger partial charge on any atom is -0.394 e. The van der Waals surface area contributed by atoms with Gasteiger partial charge in [-0.1, -0.05) is 19.1 Å². The average Bonchev–Trinajstić information content (AvgIpc) is 2.94. The van der Waals surface area contributed by atoms with Crippen molar-refractivity contribution < 1.29 is 14.2 Å². The molecule has 1 saturated heterocycles. The van der Waals surface area contributed by atoms with Crippen molar-refractivity contribution in [3.8, 4) is 0 Å². The molecule has 0 saturated carbocycles. The number of aliphatic hydroxyl groups is 1. The molecule has 1 aliphatic heterocycles. The van der Waals surface area contributed by atoms with Gasteiger partial charge in [0.05, 0.1) is 18.2 Å². The van der Waals surface area contributed by atoms with Gasteiger partial charge in [0.25, 0.3) is 0 Å². The zero-order chi connectivity index (χ0) is 13.7. The van der Waals surface area contributed by atoms with Gasteiger partial charge >= 0.3 is 0 Å². The van der Waals surface area contributed by atoms with Crippen molar-refractivity contribution in [1.82, 2.24) is 5.32 Å². The summed E-state index contributed by atoms with van der Waals surface area (Å²) in [6.07, 6.45) is 3.03. The quantitative estimate of drug-likeness (QED) is 0.830. The van der Waals surface area contributed by atoms with Crippen LogP contribution in [0.3, 0.4) is 0 Å². The van der Waals surface area contributed by atoms with Crippen LogP contribution in [-0.4, -0.2) is 31.0 Å². The SMILES string of the molecule is CCC(CO)(NCC1CCCO1)c1cccc(F)c1. The lowest BCUT2D eigenvalue weighted by molar-refractivity contribution is 0.0856. The molecule has 0 amide bonds. The smallest absolute Gasteiger partial charge is 0.123 e.